The Labute approximate surface area is 175 Å². The lowest BCUT2D eigenvalue weighted by Crippen LogP contribution is -2.63. The third kappa shape index (κ3) is 4.95. The van der Waals surface area contributed by atoms with Crippen molar-refractivity contribution in [3.63, 3.8) is 0 Å². The molecule has 0 spiro atoms. The van der Waals surface area contributed by atoms with E-state index in [1.165, 1.54) is 10.6 Å². The van der Waals surface area contributed by atoms with E-state index in [0.29, 0.717) is 23.5 Å². The maximum atomic E-state index is 12.9. The van der Waals surface area contributed by atoms with E-state index in [1.807, 2.05) is 39.8 Å². The highest BCUT2D eigenvalue weighted by Crippen LogP contribution is 2.50. The molecule has 0 bridgehead atoms. The van der Waals surface area contributed by atoms with Crippen molar-refractivity contribution in [3.05, 3.63) is 29.8 Å². The predicted octanol–water partition coefficient (Wildman–Crippen LogP) is 4.37. The number of hydroxylamine groups is 2. The number of amides is 1. The highest BCUT2D eigenvalue weighted by molar-refractivity contribution is 5.79. The molecule has 2 aliphatic rings. The van der Waals surface area contributed by atoms with Crippen LogP contribution in [0.1, 0.15) is 66.4 Å². The maximum Gasteiger partial charge on any atom is 0.223 e. The van der Waals surface area contributed by atoms with Crippen LogP contribution in [-0.2, 0) is 11.2 Å². The fourth-order valence-electron chi connectivity index (χ4n) is 5.52. The molecule has 5 nitrogen and oxygen atoms in total. The van der Waals surface area contributed by atoms with E-state index in [4.69, 9.17) is 0 Å². The van der Waals surface area contributed by atoms with Crippen LogP contribution in [0.25, 0.3) is 0 Å². The fraction of sp³-hybridized carbons (Fsp3) is 0.708. The van der Waals surface area contributed by atoms with Crippen molar-refractivity contribution in [2.45, 2.75) is 84.3 Å². The van der Waals surface area contributed by atoms with E-state index in [0.717, 1.165) is 25.7 Å². The topological polar surface area (TPSA) is 72.8 Å². The van der Waals surface area contributed by atoms with Crippen molar-refractivity contribution >= 4 is 5.91 Å². The molecule has 1 amide bonds. The number of aromatic hydroxyl groups is 1. The van der Waals surface area contributed by atoms with Gasteiger partial charge in [0.2, 0.25) is 5.91 Å². The van der Waals surface area contributed by atoms with Crippen LogP contribution < -0.4 is 5.32 Å². The minimum Gasteiger partial charge on any atom is -0.508 e. The van der Waals surface area contributed by atoms with Crippen LogP contribution in [0.5, 0.6) is 5.75 Å². The summed E-state index contributed by atoms with van der Waals surface area (Å²) in [7, 11) is 0. The van der Waals surface area contributed by atoms with Crippen molar-refractivity contribution in [1.29, 1.82) is 0 Å². The largest absolute Gasteiger partial charge is 0.508 e. The molecule has 29 heavy (non-hydrogen) atoms. The molecule has 0 unspecified atom stereocenters. The Morgan fingerprint density at radius 2 is 1.66 bits per heavy atom. The first-order valence-electron chi connectivity index (χ1n) is 11.0. The molecule has 4 atom stereocenters. The van der Waals surface area contributed by atoms with Gasteiger partial charge in [0, 0.05) is 23.0 Å². The van der Waals surface area contributed by atoms with E-state index in [1.54, 1.807) is 12.1 Å². The number of benzene rings is 1. The number of hydrogen-bond acceptors (Lipinski definition) is 4. The molecule has 1 aliphatic heterocycles. The van der Waals surface area contributed by atoms with Crippen LogP contribution in [0, 0.1) is 23.7 Å². The molecule has 1 saturated carbocycles. The number of hydrogen-bond donors (Lipinski definition) is 3. The van der Waals surface area contributed by atoms with Gasteiger partial charge in [-0.15, -0.1) is 0 Å². The second kappa shape index (κ2) is 7.92. The first-order chi connectivity index (χ1) is 13.4. The number of phenols is 1. The number of nitrogens with zero attached hydrogens (tertiary/aromatic N) is 1. The molecule has 5 heteroatoms. The predicted molar refractivity (Wildman–Crippen MR) is 115 cm³/mol. The summed E-state index contributed by atoms with van der Waals surface area (Å²) in [5.41, 5.74) is 0.520. The highest BCUT2D eigenvalue weighted by atomic mass is 16.5. The number of piperidine rings is 1. The van der Waals surface area contributed by atoms with Crippen LogP contribution in [0.15, 0.2) is 24.3 Å². The number of carbonyl (C=O) groups is 1. The van der Waals surface area contributed by atoms with E-state index < -0.39 is 0 Å². The minimum atomic E-state index is -0.357. The maximum absolute atomic E-state index is 12.9. The van der Waals surface area contributed by atoms with Gasteiger partial charge in [0.1, 0.15) is 5.75 Å². The average molecular weight is 403 g/mol. The lowest BCUT2D eigenvalue weighted by molar-refractivity contribution is -0.246. The molecule has 1 aromatic carbocycles. The molecular formula is C24H38N2O3. The summed E-state index contributed by atoms with van der Waals surface area (Å²) >= 11 is 0. The zero-order chi connectivity index (χ0) is 21.6. The zero-order valence-corrected chi connectivity index (χ0v) is 18.8. The van der Waals surface area contributed by atoms with Gasteiger partial charge in [-0.3, -0.25) is 4.79 Å². The second-order valence-electron chi connectivity index (χ2n) is 10.8. The monoisotopic (exact) mass is 402 g/mol. The molecule has 3 rings (SSSR count). The Balaban J connectivity index is 1.53. The SMILES string of the molecule is C[C@H](Cc1ccc(O)cc1)[C@@H]1C[C@H]1[C@H](C)C(=O)NC1CC(C)(C)N(O)C(C)(C)C1. The van der Waals surface area contributed by atoms with Gasteiger partial charge in [0.25, 0.3) is 0 Å². The summed E-state index contributed by atoms with van der Waals surface area (Å²) in [5, 5.41) is 24.6. The minimum absolute atomic E-state index is 0.0145. The van der Waals surface area contributed by atoms with Gasteiger partial charge in [-0.1, -0.05) is 26.0 Å². The normalized spacial score (nSPS) is 28.5. The molecule has 1 saturated heterocycles. The molecule has 1 heterocycles. The van der Waals surface area contributed by atoms with Crippen molar-refractivity contribution in [1.82, 2.24) is 10.4 Å². The molecular weight excluding hydrogens is 364 g/mol. The number of carbonyl (C=O) groups excluding carboxylic acids is 1. The lowest BCUT2D eigenvalue weighted by Gasteiger charge is -2.51. The first-order valence-corrected chi connectivity index (χ1v) is 11.0. The standard InChI is InChI=1S/C24H38N2O3/c1-15(11-17-7-9-19(27)10-8-17)20-12-21(20)16(2)22(28)25-18-13-23(3,4)26(29)24(5,6)14-18/h7-10,15-16,18,20-21,27,29H,11-14H2,1-6H3,(H,25,28)/t15-,16+,20+,21+/m1/s1. The van der Waals surface area contributed by atoms with Gasteiger partial charge in [0.05, 0.1) is 0 Å². The van der Waals surface area contributed by atoms with Gasteiger partial charge in [-0.05, 0) is 88.8 Å². The van der Waals surface area contributed by atoms with E-state index >= 15 is 0 Å². The Kier molecular flexibility index (Phi) is 6.03. The number of phenolic OH excluding ortho intramolecular Hbond substituents is 1. The lowest BCUT2D eigenvalue weighted by atomic mass is 9.78. The quantitative estimate of drug-likeness (QED) is 0.661. The van der Waals surface area contributed by atoms with Crippen molar-refractivity contribution < 1.29 is 15.1 Å². The zero-order valence-electron chi connectivity index (χ0n) is 18.8. The van der Waals surface area contributed by atoms with Crippen LogP contribution in [-0.4, -0.2) is 38.4 Å². The van der Waals surface area contributed by atoms with Gasteiger partial charge in [0.15, 0.2) is 0 Å². The van der Waals surface area contributed by atoms with Gasteiger partial charge in [-0.25, -0.2) is 0 Å². The van der Waals surface area contributed by atoms with Gasteiger partial charge >= 0.3 is 0 Å². The molecule has 3 N–H and O–H groups in total. The third-order valence-corrected chi connectivity index (χ3v) is 7.16. The molecule has 0 radical (unpaired) electrons. The first kappa shape index (κ1) is 22.1. The second-order valence-corrected chi connectivity index (χ2v) is 10.8. The number of nitrogens with one attached hydrogen (secondary N) is 1. The Hall–Kier alpha value is -1.59. The highest BCUT2D eigenvalue weighted by Gasteiger charge is 2.48. The van der Waals surface area contributed by atoms with Gasteiger partial charge in [-0.2, -0.15) is 5.06 Å². The summed E-state index contributed by atoms with van der Waals surface area (Å²) in [6, 6.07) is 7.53. The van der Waals surface area contributed by atoms with Crippen LogP contribution >= 0.6 is 0 Å². The van der Waals surface area contributed by atoms with Crippen molar-refractivity contribution in [2.75, 3.05) is 0 Å². The number of rotatable bonds is 6. The van der Waals surface area contributed by atoms with Crippen LogP contribution in [0.4, 0.5) is 0 Å². The summed E-state index contributed by atoms with van der Waals surface area (Å²) < 4.78 is 0. The van der Waals surface area contributed by atoms with Crippen LogP contribution in [0.3, 0.4) is 0 Å². The Morgan fingerprint density at radius 3 is 2.21 bits per heavy atom. The van der Waals surface area contributed by atoms with Crippen molar-refractivity contribution in [2.24, 2.45) is 23.7 Å². The van der Waals surface area contributed by atoms with Gasteiger partial charge < -0.3 is 15.6 Å². The Morgan fingerprint density at radius 1 is 1.10 bits per heavy atom. The van der Waals surface area contributed by atoms with E-state index in [2.05, 4.69) is 19.2 Å². The summed E-state index contributed by atoms with van der Waals surface area (Å²) in [6.07, 6.45) is 3.58. The average Bonchev–Trinajstić information content (AvgIpc) is 3.41. The molecule has 2 fully saturated rings. The van der Waals surface area contributed by atoms with E-state index in [-0.39, 0.29) is 28.9 Å². The smallest absolute Gasteiger partial charge is 0.223 e. The molecule has 1 aromatic rings. The van der Waals surface area contributed by atoms with E-state index in [9.17, 15) is 15.1 Å². The third-order valence-electron chi connectivity index (χ3n) is 7.16. The Bertz CT molecular complexity index is 710. The molecule has 1 aliphatic carbocycles. The van der Waals surface area contributed by atoms with Crippen molar-refractivity contribution in [3.8, 4) is 5.75 Å². The van der Waals surface area contributed by atoms with Crippen LogP contribution in [0.2, 0.25) is 0 Å². The summed E-state index contributed by atoms with van der Waals surface area (Å²) in [6.45, 7) is 12.4. The summed E-state index contributed by atoms with van der Waals surface area (Å²) in [4.78, 5) is 12.9. The fourth-order valence-corrected chi connectivity index (χ4v) is 5.52. The summed E-state index contributed by atoms with van der Waals surface area (Å²) in [5.74, 6) is 2.01. The molecule has 162 valence electrons. The molecule has 0 aromatic heterocycles.